The van der Waals surface area contributed by atoms with Crippen LogP contribution in [0.1, 0.15) is 99.9 Å². The van der Waals surface area contributed by atoms with Gasteiger partial charge in [0.25, 0.3) is 0 Å². The Morgan fingerprint density at radius 2 is 1.21 bits per heavy atom. The number of esters is 1. The van der Waals surface area contributed by atoms with Crippen molar-refractivity contribution in [1.29, 1.82) is 0 Å². The Morgan fingerprint density at radius 3 is 1.71 bits per heavy atom. The lowest BCUT2D eigenvalue weighted by Gasteiger charge is -2.05. The van der Waals surface area contributed by atoms with Crippen LogP contribution >= 0.6 is 0 Å². The molecule has 0 aliphatic heterocycles. The van der Waals surface area contributed by atoms with Crippen LogP contribution in [0.4, 0.5) is 0 Å². The normalized spacial score (nSPS) is 10.8. The fourth-order valence-corrected chi connectivity index (χ4v) is 2.88. The molecular weight excluding hydrogens is 296 g/mol. The number of benzene rings is 1. The first-order valence-electron chi connectivity index (χ1n) is 9.98. The van der Waals surface area contributed by atoms with E-state index in [2.05, 4.69) is 6.92 Å². The smallest absolute Gasteiger partial charge is 0.338 e. The van der Waals surface area contributed by atoms with Crippen LogP contribution in [-0.4, -0.2) is 12.6 Å². The molecule has 2 nitrogen and oxygen atoms in total. The van der Waals surface area contributed by atoms with Crippen molar-refractivity contribution in [3.05, 3.63) is 35.4 Å². The van der Waals surface area contributed by atoms with E-state index in [1.54, 1.807) is 0 Å². The Labute approximate surface area is 149 Å². The largest absolute Gasteiger partial charge is 0.462 e. The maximum Gasteiger partial charge on any atom is 0.338 e. The number of aryl methyl sites for hydroxylation is 1. The maximum atomic E-state index is 11.8. The van der Waals surface area contributed by atoms with Crippen molar-refractivity contribution in [1.82, 2.24) is 0 Å². The molecule has 0 N–H and O–H groups in total. The molecular formula is C22H36O2. The summed E-state index contributed by atoms with van der Waals surface area (Å²) in [5.41, 5.74) is 1.81. The van der Waals surface area contributed by atoms with Gasteiger partial charge >= 0.3 is 5.97 Å². The molecule has 0 saturated carbocycles. The minimum atomic E-state index is -0.196. The van der Waals surface area contributed by atoms with E-state index in [4.69, 9.17) is 4.74 Å². The first-order chi connectivity index (χ1) is 11.7. The van der Waals surface area contributed by atoms with Crippen LogP contribution < -0.4 is 0 Å². The van der Waals surface area contributed by atoms with Gasteiger partial charge in [-0.1, -0.05) is 95.2 Å². The number of carbonyl (C=O) groups excluding carboxylic acids is 1. The number of carbonyl (C=O) groups is 1. The van der Waals surface area contributed by atoms with Crippen molar-refractivity contribution in [2.45, 2.75) is 90.9 Å². The standard InChI is InChI=1S/C22H36O2/c1-3-4-5-6-7-8-9-10-11-12-13-14-19-24-22(23)21-17-15-20(2)16-18-21/h15-18H,3-14,19H2,1-2H3. The second-order valence-electron chi connectivity index (χ2n) is 6.89. The first kappa shape index (κ1) is 20.7. The summed E-state index contributed by atoms with van der Waals surface area (Å²) in [5.74, 6) is -0.196. The lowest BCUT2D eigenvalue weighted by Crippen LogP contribution is -2.06. The zero-order valence-electron chi connectivity index (χ0n) is 15.8. The predicted molar refractivity (Wildman–Crippen MR) is 103 cm³/mol. The third-order valence-electron chi connectivity index (χ3n) is 4.52. The Kier molecular flexibility index (Phi) is 12.2. The van der Waals surface area contributed by atoms with Crippen molar-refractivity contribution in [3.8, 4) is 0 Å². The van der Waals surface area contributed by atoms with Gasteiger partial charge in [-0.05, 0) is 25.5 Å². The van der Waals surface area contributed by atoms with Gasteiger partial charge in [-0.15, -0.1) is 0 Å². The monoisotopic (exact) mass is 332 g/mol. The molecule has 2 heteroatoms. The van der Waals surface area contributed by atoms with Crippen LogP contribution in [0, 0.1) is 6.92 Å². The third kappa shape index (κ3) is 10.5. The molecule has 0 heterocycles. The SMILES string of the molecule is CCCCCCCCCCCCCCOC(=O)c1ccc(C)cc1. The van der Waals surface area contributed by atoms with E-state index in [-0.39, 0.29) is 5.97 Å². The summed E-state index contributed by atoms with van der Waals surface area (Å²) < 4.78 is 5.32. The van der Waals surface area contributed by atoms with Crippen LogP contribution in [0.25, 0.3) is 0 Å². The van der Waals surface area contributed by atoms with Gasteiger partial charge in [-0.2, -0.15) is 0 Å². The number of unbranched alkanes of at least 4 members (excludes halogenated alkanes) is 11. The highest BCUT2D eigenvalue weighted by atomic mass is 16.5. The molecule has 0 spiro atoms. The number of hydrogen-bond acceptors (Lipinski definition) is 2. The Hall–Kier alpha value is -1.31. The van der Waals surface area contributed by atoms with Gasteiger partial charge in [-0.3, -0.25) is 0 Å². The van der Waals surface area contributed by atoms with Crippen molar-refractivity contribution in [3.63, 3.8) is 0 Å². The first-order valence-corrected chi connectivity index (χ1v) is 9.98. The van der Waals surface area contributed by atoms with E-state index in [1.807, 2.05) is 31.2 Å². The van der Waals surface area contributed by atoms with Gasteiger partial charge in [0.15, 0.2) is 0 Å². The maximum absolute atomic E-state index is 11.8. The minimum Gasteiger partial charge on any atom is -0.462 e. The van der Waals surface area contributed by atoms with E-state index in [0.717, 1.165) is 18.4 Å². The van der Waals surface area contributed by atoms with Crippen LogP contribution in [-0.2, 0) is 4.74 Å². The molecule has 1 aromatic rings. The molecule has 0 radical (unpaired) electrons. The second-order valence-corrected chi connectivity index (χ2v) is 6.89. The Bertz CT molecular complexity index is 422. The van der Waals surface area contributed by atoms with Gasteiger partial charge in [0.1, 0.15) is 0 Å². The predicted octanol–water partition coefficient (Wildman–Crippen LogP) is 6.85. The van der Waals surface area contributed by atoms with Gasteiger partial charge < -0.3 is 4.74 Å². The molecule has 0 aromatic heterocycles. The molecule has 0 atom stereocenters. The summed E-state index contributed by atoms with van der Waals surface area (Å²) in [6.45, 7) is 4.83. The fourth-order valence-electron chi connectivity index (χ4n) is 2.88. The van der Waals surface area contributed by atoms with Gasteiger partial charge in [0.2, 0.25) is 0 Å². The lowest BCUT2D eigenvalue weighted by molar-refractivity contribution is 0.0497. The van der Waals surface area contributed by atoms with E-state index in [1.165, 1.54) is 64.2 Å². The highest BCUT2D eigenvalue weighted by Gasteiger charge is 2.05. The van der Waals surface area contributed by atoms with E-state index < -0.39 is 0 Å². The van der Waals surface area contributed by atoms with Crippen molar-refractivity contribution in [2.24, 2.45) is 0 Å². The molecule has 0 unspecified atom stereocenters. The van der Waals surface area contributed by atoms with Crippen molar-refractivity contribution < 1.29 is 9.53 Å². The number of rotatable bonds is 14. The fraction of sp³-hybridized carbons (Fsp3) is 0.682. The molecule has 0 aliphatic carbocycles. The summed E-state index contributed by atoms with van der Waals surface area (Å²) in [6.07, 6.45) is 15.8. The zero-order valence-corrected chi connectivity index (χ0v) is 15.8. The quantitative estimate of drug-likeness (QED) is 0.275. The van der Waals surface area contributed by atoms with Crippen LogP contribution in [0.2, 0.25) is 0 Å². The zero-order chi connectivity index (χ0) is 17.5. The summed E-state index contributed by atoms with van der Waals surface area (Å²) in [7, 11) is 0. The topological polar surface area (TPSA) is 26.3 Å². The molecule has 0 saturated heterocycles. The minimum absolute atomic E-state index is 0.196. The second kappa shape index (κ2) is 14.1. The summed E-state index contributed by atoms with van der Waals surface area (Å²) >= 11 is 0. The van der Waals surface area contributed by atoms with Crippen LogP contribution in [0.3, 0.4) is 0 Å². The molecule has 1 aromatic carbocycles. The van der Waals surface area contributed by atoms with Crippen LogP contribution in [0.15, 0.2) is 24.3 Å². The highest BCUT2D eigenvalue weighted by Crippen LogP contribution is 2.12. The summed E-state index contributed by atoms with van der Waals surface area (Å²) in [4.78, 5) is 11.8. The average molecular weight is 333 g/mol. The van der Waals surface area contributed by atoms with E-state index in [9.17, 15) is 4.79 Å². The molecule has 1 rings (SSSR count). The van der Waals surface area contributed by atoms with Crippen LogP contribution in [0.5, 0.6) is 0 Å². The third-order valence-corrected chi connectivity index (χ3v) is 4.52. The molecule has 136 valence electrons. The summed E-state index contributed by atoms with van der Waals surface area (Å²) in [5, 5.41) is 0. The number of hydrogen-bond donors (Lipinski definition) is 0. The lowest BCUT2D eigenvalue weighted by atomic mass is 10.1. The molecule has 0 amide bonds. The highest BCUT2D eigenvalue weighted by molar-refractivity contribution is 5.89. The van der Waals surface area contributed by atoms with Crippen molar-refractivity contribution in [2.75, 3.05) is 6.61 Å². The number of ether oxygens (including phenoxy) is 1. The Balaban J connectivity index is 1.87. The molecule has 24 heavy (non-hydrogen) atoms. The van der Waals surface area contributed by atoms with E-state index in [0.29, 0.717) is 12.2 Å². The van der Waals surface area contributed by atoms with Gasteiger partial charge in [-0.25, -0.2) is 4.79 Å². The van der Waals surface area contributed by atoms with Gasteiger partial charge in [0.05, 0.1) is 12.2 Å². The average Bonchev–Trinajstić information content (AvgIpc) is 2.59. The van der Waals surface area contributed by atoms with E-state index >= 15 is 0 Å². The van der Waals surface area contributed by atoms with Crippen molar-refractivity contribution >= 4 is 5.97 Å². The molecule has 0 bridgehead atoms. The summed E-state index contributed by atoms with van der Waals surface area (Å²) in [6, 6.07) is 7.56. The molecule has 0 fully saturated rings. The molecule has 0 aliphatic rings. The Morgan fingerprint density at radius 1 is 0.750 bits per heavy atom. The van der Waals surface area contributed by atoms with Gasteiger partial charge in [0, 0.05) is 0 Å².